The largest absolute Gasteiger partial charge is 0.387 e. The second-order valence-electron chi connectivity index (χ2n) is 4.64. The van der Waals surface area contributed by atoms with E-state index >= 15 is 0 Å². The Morgan fingerprint density at radius 3 is 2.29 bits per heavy atom. The molecular formula is C17H15NO2S. The van der Waals surface area contributed by atoms with Gasteiger partial charge in [0.1, 0.15) is 5.78 Å². The lowest BCUT2D eigenvalue weighted by atomic mass is 10.0. The van der Waals surface area contributed by atoms with Crippen LogP contribution in [-0.4, -0.2) is 16.1 Å². The van der Waals surface area contributed by atoms with Crippen molar-refractivity contribution in [2.45, 2.75) is 23.2 Å². The molecule has 1 unspecified atom stereocenters. The Bertz CT molecular complexity index is 647. The minimum absolute atomic E-state index is 0.0827. The van der Waals surface area contributed by atoms with Crippen molar-refractivity contribution in [1.29, 1.82) is 5.26 Å². The molecule has 0 radical (unpaired) electrons. The van der Waals surface area contributed by atoms with Crippen molar-refractivity contribution in [3.8, 4) is 6.07 Å². The molecule has 0 fully saturated rings. The molecule has 0 spiro atoms. The fourth-order valence-corrected chi connectivity index (χ4v) is 3.00. The van der Waals surface area contributed by atoms with Gasteiger partial charge >= 0.3 is 0 Å². The van der Waals surface area contributed by atoms with Gasteiger partial charge in [0.15, 0.2) is 0 Å². The maximum Gasteiger partial charge on any atom is 0.146 e. The molecule has 0 aliphatic carbocycles. The number of nitrogens with zero attached hydrogens (tertiary/aromatic N) is 1. The van der Waals surface area contributed by atoms with E-state index in [1.807, 2.05) is 36.4 Å². The summed E-state index contributed by atoms with van der Waals surface area (Å²) in [7, 11) is 0. The first kappa shape index (κ1) is 15.3. The number of hydrogen-bond donors (Lipinski definition) is 1. The SMILES string of the molecule is CC(=O)C(Sc1ccccc1)[C@@H](O)c1ccc(C#N)cc1. The first-order chi connectivity index (χ1) is 10.1. The van der Waals surface area contributed by atoms with E-state index in [1.165, 1.54) is 18.7 Å². The molecule has 0 saturated carbocycles. The topological polar surface area (TPSA) is 61.1 Å². The molecule has 106 valence electrons. The van der Waals surface area contributed by atoms with Crippen LogP contribution in [0.4, 0.5) is 0 Å². The van der Waals surface area contributed by atoms with Crippen LogP contribution in [-0.2, 0) is 4.79 Å². The summed E-state index contributed by atoms with van der Waals surface area (Å²) < 4.78 is 0. The lowest BCUT2D eigenvalue weighted by Crippen LogP contribution is -2.22. The third-order valence-electron chi connectivity index (χ3n) is 3.07. The van der Waals surface area contributed by atoms with Crippen molar-refractivity contribution >= 4 is 17.5 Å². The maximum absolute atomic E-state index is 11.9. The molecule has 0 heterocycles. The van der Waals surface area contributed by atoms with Crippen molar-refractivity contribution in [1.82, 2.24) is 0 Å². The molecule has 0 aliphatic heterocycles. The number of thioether (sulfide) groups is 1. The average Bonchev–Trinajstić information content (AvgIpc) is 2.53. The van der Waals surface area contributed by atoms with Gasteiger partial charge in [0, 0.05) is 4.90 Å². The lowest BCUT2D eigenvalue weighted by molar-refractivity contribution is -0.118. The third kappa shape index (κ3) is 3.94. The summed E-state index contributed by atoms with van der Waals surface area (Å²) in [5.41, 5.74) is 1.17. The van der Waals surface area contributed by atoms with Gasteiger partial charge in [-0.25, -0.2) is 0 Å². The fourth-order valence-electron chi connectivity index (χ4n) is 1.95. The highest BCUT2D eigenvalue weighted by Crippen LogP contribution is 2.32. The number of nitriles is 1. The molecule has 21 heavy (non-hydrogen) atoms. The monoisotopic (exact) mass is 297 g/mol. The molecule has 0 aromatic heterocycles. The van der Waals surface area contributed by atoms with Gasteiger partial charge in [-0.1, -0.05) is 30.3 Å². The van der Waals surface area contributed by atoms with Crippen LogP contribution in [0, 0.1) is 11.3 Å². The van der Waals surface area contributed by atoms with Crippen LogP contribution in [0.3, 0.4) is 0 Å². The van der Waals surface area contributed by atoms with Gasteiger partial charge < -0.3 is 5.11 Å². The van der Waals surface area contributed by atoms with Crippen LogP contribution in [0.15, 0.2) is 59.5 Å². The maximum atomic E-state index is 11.9. The van der Waals surface area contributed by atoms with Gasteiger partial charge in [0.25, 0.3) is 0 Å². The Morgan fingerprint density at radius 2 is 1.76 bits per heavy atom. The van der Waals surface area contributed by atoms with Gasteiger partial charge in [-0.15, -0.1) is 11.8 Å². The van der Waals surface area contributed by atoms with Crippen molar-refractivity contribution in [2.24, 2.45) is 0 Å². The summed E-state index contributed by atoms with van der Waals surface area (Å²) >= 11 is 1.35. The van der Waals surface area contributed by atoms with Crippen LogP contribution >= 0.6 is 11.8 Å². The number of hydrogen-bond acceptors (Lipinski definition) is 4. The molecular weight excluding hydrogens is 282 g/mol. The first-order valence-corrected chi connectivity index (χ1v) is 7.40. The van der Waals surface area contributed by atoms with E-state index in [9.17, 15) is 9.90 Å². The second-order valence-corrected chi connectivity index (χ2v) is 5.86. The number of carbonyl (C=O) groups is 1. The van der Waals surface area contributed by atoms with E-state index in [0.717, 1.165) is 4.90 Å². The summed E-state index contributed by atoms with van der Waals surface area (Å²) in [6.45, 7) is 1.48. The number of Topliss-reactive ketones (excluding diaryl/α,β-unsaturated/α-hetero) is 1. The average molecular weight is 297 g/mol. The number of rotatable bonds is 5. The van der Waals surface area contributed by atoms with Gasteiger partial charge in [-0.2, -0.15) is 5.26 Å². The van der Waals surface area contributed by atoms with Gasteiger partial charge in [0.05, 0.1) is 23.0 Å². The Balaban J connectivity index is 2.21. The van der Waals surface area contributed by atoms with E-state index in [2.05, 4.69) is 0 Å². The summed E-state index contributed by atoms with van der Waals surface area (Å²) in [6, 6.07) is 18.2. The van der Waals surface area contributed by atoms with Gasteiger partial charge in [-0.05, 0) is 36.8 Å². The van der Waals surface area contributed by atoms with Crippen molar-refractivity contribution in [3.63, 3.8) is 0 Å². The Labute approximate surface area is 128 Å². The number of carbonyl (C=O) groups excluding carboxylic acids is 1. The van der Waals surface area contributed by atoms with E-state index in [4.69, 9.17) is 5.26 Å². The molecule has 2 atom stereocenters. The van der Waals surface area contributed by atoms with E-state index in [-0.39, 0.29) is 5.78 Å². The minimum atomic E-state index is -0.902. The molecule has 2 rings (SSSR count). The fraction of sp³-hybridized carbons (Fsp3) is 0.176. The molecule has 0 aliphatic rings. The van der Waals surface area contributed by atoms with Crippen LogP contribution in [0.1, 0.15) is 24.2 Å². The molecule has 4 heteroatoms. The molecule has 3 nitrogen and oxygen atoms in total. The Kier molecular flexibility index (Phi) is 5.15. The summed E-state index contributed by atoms with van der Waals surface area (Å²) in [4.78, 5) is 12.8. The number of benzene rings is 2. The molecule has 2 aromatic rings. The van der Waals surface area contributed by atoms with Crippen LogP contribution in [0.5, 0.6) is 0 Å². The van der Waals surface area contributed by atoms with Gasteiger partial charge in [-0.3, -0.25) is 4.79 Å². The minimum Gasteiger partial charge on any atom is -0.387 e. The predicted molar refractivity (Wildman–Crippen MR) is 82.9 cm³/mol. The van der Waals surface area contributed by atoms with E-state index < -0.39 is 11.4 Å². The highest BCUT2D eigenvalue weighted by atomic mass is 32.2. The second kappa shape index (κ2) is 7.07. The number of ketones is 1. The van der Waals surface area contributed by atoms with Crippen LogP contribution in [0.25, 0.3) is 0 Å². The zero-order valence-electron chi connectivity index (χ0n) is 11.6. The zero-order chi connectivity index (χ0) is 15.2. The van der Waals surface area contributed by atoms with E-state index in [0.29, 0.717) is 11.1 Å². The molecule has 2 aromatic carbocycles. The molecule has 0 amide bonds. The van der Waals surface area contributed by atoms with Gasteiger partial charge in [0.2, 0.25) is 0 Å². The summed E-state index contributed by atoms with van der Waals surface area (Å²) in [6.07, 6.45) is -0.902. The van der Waals surface area contributed by atoms with E-state index in [1.54, 1.807) is 24.3 Å². The first-order valence-electron chi connectivity index (χ1n) is 6.52. The van der Waals surface area contributed by atoms with Crippen LogP contribution < -0.4 is 0 Å². The standard InChI is InChI=1S/C17H15NO2S/c1-12(19)17(21-15-5-3-2-4-6-15)16(20)14-9-7-13(11-18)8-10-14/h2-10,16-17,20H,1H3/t16-,17?/m0/s1. The molecule has 1 N–H and O–H groups in total. The lowest BCUT2D eigenvalue weighted by Gasteiger charge is -2.20. The number of aliphatic hydroxyl groups is 1. The highest BCUT2D eigenvalue weighted by Gasteiger charge is 2.26. The van der Waals surface area contributed by atoms with Crippen molar-refractivity contribution in [2.75, 3.05) is 0 Å². The molecule has 0 bridgehead atoms. The quantitative estimate of drug-likeness (QED) is 0.860. The third-order valence-corrected chi connectivity index (χ3v) is 4.46. The normalized spacial score (nSPS) is 13.2. The van der Waals surface area contributed by atoms with Crippen molar-refractivity contribution < 1.29 is 9.90 Å². The smallest absolute Gasteiger partial charge is 0.146 e. The van der Waals surface area contributed by atoms with Crippen molar-refractivity contribution in [3.05, 3.63) is 65.7 Å². The Hall–Kier alpha value is -2.09. The highest BCUT2D eigenvalue weighted by molar-refractivity contribution is 8.00. The Morgan fingerprint density at radius 1 is 1.14 bits per heavy atom. The number of aliphatic hydroxyl groups excluding tert-OH is 1. The van der Waals surface area contributed by atoms with Crippen LogP contribution in [0.2, 0.25) is 0 Å². The molecule has 0 saturated heterocycles. The zero-order valence-corrected chi connectivity index (χ0v) is 12.4. The summed E-state index contributed by atoms with van der Waals surface area (Å²) in [5, 5.41) is 18.7. The predicted octanol–water partition coefficient (Wildman–Crippen LogP) is 3.34. The summed E-state index contributed by atoms with van der Waals surface area (Å²) in [5.74, 6) is -0.0827.